The Morgan fingerprint density at radius 1 is 1.19 bits per heavy atom. The summed E-state index contributed by atoms with van der Waals surface area (Å²) in [5, 5.41) is 8.93. The van der Waals surface area contributed by atoms with Gasteiger partial charge in [-0.3, -0.25) is 9.69 Å². The van der Waals surface area contributed by atoms with E-state index in [9.17, 15) is 4.79 Å². The van der Waals surface area contributed by atoms with Crippen LogP contribution in [0, 0.1) is 0 Å². The van der Waals surface area contributed by atoms with Gasteiger partial charge in [-0.2, -0.15) is 0 Å². The number of carbonyl (C=O) groups excluding carboxylic acids is 1. The molecule has 3 heterocycles. The standard InChI is InChI=1S/C20H21N3O2S/c24-20(16-13-18(25-22-16)19-9-6-12-26-19)21-14-17(23-10-4-5-11-23)15-7-2-1-3-8-15/h1-3,6-9,12-13,17H,4-5,10-11,14H2,(H,21,24)/t17-/m0/s1. The van der Waals surface area contributed by atoms with Crippen molar-refractivity contribution in [3.05, 3.63) is 65.2 Å². The zero-order chi connectivity index (χ0) is 17.8. The van der Waals surface area contributed by atoms with Crippen molar-refractivity contribution >= 4 is 17.2 Å². The highest BCUT2D eigenvalue weighted by Crippen LogP contribution is 2.26. The molecule has 1 saturated heterocycles. The Morgan fingerprint density at radius 3 is 2.73 bits per heavy atom. The van der Waals surface area contributed by atoms with Gasteiger partial charge >= 0.3 is 0 Å². The summed E-state index contributed by atoms with van der Waals surface area (Å²) < 4.78 is 5.31. The number of amides is 1. The van der Waals surface area contributed by atoms with Crippen LogP contribution in [0.1, 0.15) is 34.9 Å². The van der Waals surface area contributed by atoms with E-state index in [0.29, 0.717) is 18.0 Å². The van der Waals surface area contributed by atoms with Gasteiger partial charge in [0.05, 0.1) is 10.9 Å². The van der Waals surface area contributed by atoms with E-state index in [1.165, 1.54) is 18.4 Å². The van der Waals surface area contributed by atoms with Gasteiger partial charge in [-0.25, -0.2) is 0 Å². The number of rotatable bonds is 6. The highest BCUT2D eigenvalue weighted by atomic mass is 32.1. The van der Waals surface area contributed by atoms with Crippen LogP contribution in [0.3, 0.4) is 0 Å². The fourth-order valence-electron chi connectivity index (χ4n) is 3.38. The summed E-state index contributed by atoms with van der Waals surface area (Å²) in [7, 11) is 0. The smallest absolute Gasteiger partial charge is 0.273 e. The predicted octanol–water partition coefficient (Wildman–Crippen LogP) is 3.97. The van der Waals surface area contributed by atoms with E-state index in [2.05, 4.69) is 27.5 Å². The lowest BCUT2D eigenvalue weighted by atomic mass is 10.1. The average Bonchev–Trinajstić information content (AvgIpc) is 3.43. The summed E-state index contributed by atoms with van der Waals surface area (Å²) in [5.41, 5.74) is 1.55. The molecule has 3 aromatic rings. The molecule has 1 fully saturated rings. The van der Waals surface area contributed by atoms with E-state index in [1.807, 2.05) is 35.7 Å². The lowest BCUT2D eigenvalue weighted by molar-refractivity contribution is 0.0929. The Bertz CT molecular complexity index is 839. The van der Waals surface area contributed by atoms with E-state index in [-0.39, 0.29) is 11.9 Å². The van der Waals surface area contributed by atoms with Crippen molar-refractivity contribution in [2.24, 2.45) is 0 Å². The monoisotopic (exact) mass is 367 g/mol. The van der Waals surface area contributed by atoms with Gasteiger partial charge in [-0.1, -0.05) is 41.6 Å². The molecule has 1 N–H and O–H groups in total. The van der Waals surface area contributed by atoms with Crippen LogP contribution in [0.25, 0.3) is 10.6 Å². The summed E-state index contributed by atoms with van der Waals surface area (Å²) in [6.07, 6.45) is 2.43. The molecule has 6 heteroatoms. The second kappa shape index (κ2) is 7.85. The Morgan fingerprint density at radius 2 is 2.00 bits per heavy atom. The minimum Gasteiger partial charge on any atom is -0.355 e. The minimum absolute atomic E-state index is 0.186. The first-order valence-electron chi connectivity index (χ1n) is 8.89. The number of hydrogen-bond acceptors (Lipinski definition) is 5. The largest absolute Gasteiger partial charge is 0.355 e. The molecule has 26 heavy (non-hydrogen) atoms. The second-order valence-corrected chi connectivity index (χ2v) is 7.38. The zero-order valence-electron chi connectivity index (χ0n) is 14.4. The molecular weight excluding hydrogens is 346 g/mol. The van der Waals surface area contributed by atoms with Crippen LogP contribution in [-0.4, -0.2) is 35.6 Å². The predicted molar refractivity (Wildman–Crippen MR) is 102 cm³/mol. The van der Waals surface area contributed by atoms with Crippen molar-refractivity contribution in [1.82, 2.24) is 15.4 Å². The fourth-order valence-corrected chi connectivity index (χ4v) is 4.06. The van der Waals surface area contributed by atoms with Crippen LogP contribution in [0.2, 0.25) is 0 Å². The summed E-state index contributed by atoms with van der Waals surface area (Å²) in [6, 6.07) is 16.1. The number of nitrogens with one attached hydrogen (secondary N) is 1. The Labute approximate surface area is 156 Å². The maximum Gasteiger partial charge on any atom is 0.273 e. The lowest BCUT2D eigenvalue weighted by Gasteiger charge is -2.28. The molecule has 0 unspecified atom stereocenters. The van der Waals surface area contributed by atoms with Crippen molar-refractivity contribution in [2.75, 3.05) is 19.6 Å². The molecule has 0 saturated carbocycles. The molecular formula is C20H21N3O2S. The van der Waals surface area contributed by atoms with E-state index in [4.69, 9.17) is 4.52 Å². The molecule has 0 bridgehead atoms. The highest BCUT2D eigenvalue weighted by Gasteiger charge is 2.24. The summed E-state index contributed by atoms with van der Waals surface area (Å²) in [5.74, 6) is 0.431. The Kier molecular flexibility index (Phi) is 5.13. The summed E-state index contributed by atoms with van der Waals surface area (Å²) >= 11 is 1.56. The third-order valence-corrected chi connectivity index (χ3v) is 5.61. The fraction of sp³-hybridized carbons (Fsp3) is 0.300. The topological polar surface area (TPSA) is 58.4 Å². The molecule has 1 amide bonds. The van der Waals surface area contributed by atoms with Crippen LogP contribution in [0.15, 0.2) is 58.4 Å². The SMILES string of the molecule is O=C(NC[C@@H](c1ccccc1)N1CCCC1)c1cc(-c2cccs2)on1. The minimum atomic E-state index is -0.198. The molecule has 5 nitrogen and oxygen atoms in total. The highest BCUT2D eigenvalue weighted by molar-refractivity contribution is 7.13. The van der Waals surface area contributed by atoms with Crippen molar-refractivity contribution in [1.29, 1.82) is 0 Å². The molecule has 0 spiro atoms. The average molecular weight is 367 g/mol. The van der Waals surface area contributed by atoms with Crippen LogP contribution in [0.5, 0.6) is 0 Å². The summed E-state index contributed by atoms with van der Waals surface area (Å²) in [4.78, 5) is 15.9. The number of carbonyl (C=O) groups is 1. The molecule has 1 aliphatic rings. The van der Waals surface area contributed by atoms with Crippen LogP contribution in [-0.2, 0) is 0 Å². The van der Waals surface area contributed by atoms with E-state index < -0.39 is 0 Å². The third kappa shape index (κ3) is 3.71. The molecule has 0 radical (unpaired) electrons. The maximum atomic E-state index is 12.5. The van der Waals surface area contributed by atoms with E-state index >= 15 is 0 Å². The summed E-state index contributed by atoms with van der Waals surface area (Å²) in [6.45, 7) is 2.70. The van der Waals surface area contributed by atoms with E-state index in [1.54, 1.807) is 17.4 Å². The van der Waals surface area contributed by atoms with Crippen molar-refractivity contribution in [3.8, 4) is 10.6 Å². The lowest BCUT2D eigenvalue weighted by Crippen LogP contribution is -2.36. The van der Waals surface area contributed by atoms with E-state index in [0.717, 1.165) is 18.0 Å². The molecule has 134 valence electrons. The number of thiophene rings is 1. The number of aromatic nitrogens is 1. The first-order chi connectivity index (χ1) is 12.8. The quantitative estimate of drug-likeness (QED) is 0.716. The normalized spacial score (nSPS) is 15.8. The zero-order valence-corrected chi connectivity index (χ0v) is 15.2. The van der Waals surface area contributed by atoms with Gasteiger partial charge in [-0.05, 0) is 42.9 Å². The maximum absolute atomic E-state index is 12.5. The molecule has 2 aromatic heterocycles. The van der Waals surface area contributed by atoms with Gasteiger partial charge in [0.25, 0.3) is 5.91 Å². The van der Waals surface area contributed by atoms with Crippen molar-refractivity contribution < 1.29 is 9.32 Å². The first kappa shape index (κ1) is 17.0. The molecule has 1 aromatic carbocycles. The van der Waals surface area contributed by atoms with Gasteiger partial charge in [0, 0.05) is 12.6 Å². The number of nitrogens with zero attached hydrogens (tertiary/aromatic N) is 2. The number of benzene rings is 1. The van der Waals surface area contributed by atoms with Crippen LogP contribution in [0.4, 0.5) is 0 Å². The number of likely N-dealkylation sites (tertiary alicyclic amines) is 1. The first-order valence-corrected chi connectivity index (χ1v) is 9.77. The Hall–Kier alpha value is -2.44. The van der Waals surface area contributed by atoms with Crippen LogP contribution >= 0.6 is 11.3 Å². The van der Waals surface area contributed by atoms with Crippen molar-refractivity contribution in [3.63, 3.8) is 0 Å². The van der Waals surface area contributed by atoms with Crippen LogP contribution < -0.4 is 5.32 Å². The van der Waals surface area contributed by atoms with Gasteiger partial charge in [0.2, 0.25) is 0 Å². The van der Waals surface area contributed by atoms with Gasteiger partial charge in [-0.15, -0.1) is 11.3 Å². The van der Waals surface area contributed by atoms with Crippen molar-refractivity contribution in [2.45, 2.75) is 18.9 Å². The second-order valence-electron chi connectivity index (χ2n) is 6.43. The molecule has 1 atom stereocenters. The Balaban J connectivity index is 1.44. The molecule has 1 aliphatic heterocycles. The third-order valence-electron chi connectivity index (χ3n) is 4.73. The number of hydrogen-bond donors (Lipinski definition) is 1. The van der Waals surface area contributed by atoms with Gasteiger partial charge in [0.15, 0.2) is 11.5 Å². The molecule has 0 aliphatic carbocycles. The molecule has 4 rings (SSSR count). The van der Waals surface area contributed by atoms with Gasteiger partial charge < -0.3 is 9.84 Å². The van der Waals surface area contributed by atoms with Gasteiger partial charge in [0.1, 0.15) is 0 Å².